The van der Waals surface area contributed by atoms with E-state index in [1.165, 1.54) is 11.3 Å². The fourth-order valence-corrected chi connectivity index (χ4v) is 3.93. The van der Waals surface area contributed by atoms with Crippen LogP contribution in [0, 0.1) is 0 Å². The Balaban J connectivity index is 2.23. The van der Waals surface area contributed by atoms with E-state index in [0.717, 1.165) is 14.0 Å². The summed E-state index contributed by atoms with van der Waals surface area (Å²) < 4.78 is 6.82. The molecule has 2 N–H and O–H groups in total. The van der Waals surface area contributed by atoms with Crippen molar-refractivity contribution in [3.63, 3.8) is 0 Å². The summed E-state index contributed by atoms with van der Waals surface area (Å²) in [6, 6.07) is 1.78. The van der Waals surface area contributed by atoms with Gasteiger partial charge < -0.3 is 15.2 Å². The number of halogens is 2. The summed E-state index contributed by atoms with van der Waals surface area (Å²) in [5.74, 6) is -0.0963. The molecule has 0 unspecified atom stereocenters. The quantitative estimate of drug-likeness (QED) is 0.707. The summed E-state index contributed by atoms with van der Waals surface area (Å²) in [5.41, 5.74) is 0.637. The first-order valence-corrected chi connectivity index (χ1v) is 7.47. The van der Waals surface area contributed by atoms with Gasteiger partial charge in [0, 0.05) is 13.2 Å². The molecule has 0 radical (unpaired) electrons. The first-order chi connectivity index (χ1) is 8.15. The molecule has 0 spiro atoms. The van der Waals surface area contributed by atoms with Crippen LogP contribution < -0.4 is 5.32 Å². The van der Waals surface area contributed by atoms with Gasteiger partial charge in [0.25, 0.3) is 5.91 Å². The molecule has 1 aromatic rings. The molecular weight excluding hydrogens is 374 g/mol. The lowest BCUT2D eigenvalue weighted by Gasteiger charge is -2.04. The van der Waals surface area contributed by atoms with Crippen molar-refractivity contribution in [2.75, 3.05) is 26.4 Å². The Morgan fingerprint density at radius 1 is 1.47 bits per heavy atom. The molecule has 0 aromatic carbocycles. The molecule has 0 aliphatic carbocycles. The van der Waals surface area contributed by atoms with E-state index in [0.29, 0.717) is 25.3 Å². The Morgan fingerprint density at radius 2 is 2.24 bits per heavy atom. The van der Waals surface area contributed by atoms with Crippen LogP contribution in [-0.2, 0) is 4.74 Å². The normalized spacial score (nSPS) is 10.5. The molecule has 0 fully saturated rings. The molecule has 1 amide bonds. The van der Waals surface area contributed by atoms with E-state index in [-0.39, 0.29) is 12.5 Å². The van der Waals surface area contributed by atoms with E-state index in [4.69, 9.17) is 9.84 Å². The standard InChI is InChI=1S/C10H13Br2NO3S/c11-8-6-7(9(12)17-8)10(15)13-2-1-4-16-5-3-14/h6,14H,1-5H2,(H,13,15). The van der Waals surface area contributed by atoms with Crippen LogP contribution in [0.15, 0.2) is 13.6 Å². The SMILES string of the molecule is O=C(NCCCOCCO)c1cc(Br)sc1Br. The number of hydrogen-bond acceptors (Lipinski definition) is 4. The van der Waals surface area contributed by atoms with Crippen molar-refractivity contribution in [1.82, 2.24) is 5.32 Å². The van der Waals surface area contributed by atoms with Gasteiger partial charge in [-0.15, -0.1) is 11.3 Å². The largest absolute Gasteiger partial charge is 0.394 e. The third-order valence-corrected chi connectivity index (χ3v) is 4.23. The van der Waals surface area contributed by atoms with Crippen molar-refractivity contribution in [3.05, 3.63) is 19.2 Å². The summed E-state index contributed by atoms with van der Waals surface area (Å²) >= 11 is 8.13. The summed E-state index contributed by atoms with van der Waals surface area (Å²) in [6.07, 6.45) is 0.731. The van der Waals surface area contributed by atoms with Crippen molar-refractivity contribution in [3.8, 4) is 0 Å². The van der Waals surface area contributed by atoms with Gasteiger partial charge in [-0.1, -0.05) is 0 Å². The van der Waals surface area contributed by atoms with E-state index in [1.54, 1.807) is 6.07 Å². The van der Waals surface area contributed by atoms with Crippen molar-refractivity contribution >= 4 is 49.1 Å². The fourth-order valence-electron chi connectivity index (χ4n) is 1.13. The maximum absolute atomic E-state index is 11.7. The van der Waals surface area contributed by atoms with Crippen LogP contribution in [0.5, 0.6) is 0 Å². The summed E-state index contributed by atoms with van der Waals surface area (Å²) in [6.45, 7) is 1.47. The number of rotatable bonds is 7. The fraction of sp³-hybridized carbons (Fsp3) is 0.500. The van der Waals surface area contributed by atoms with E-state index in [9.17, 15) is 4.79 Å². The second-order valence-electron chi connectivity index (χ2n) is 3.18. The smallest absolute Gasteiger partial charge is 0.253 e. The van der Waals surface area contributed by atoms with Crippen LogP contribution in [0.3, 0.4) is 0 Å². The van der Waals surface area contributed by atoms with Crippen molar-refractivity contribution in [1.29, 1.82) is 0 Å². The Morgan fingerprint density at radius 3 is 2.82 bits per heavy atom. The Labute approximate surface area is 121 Å². The Kier molecular flexibility index (Phi) is 7.29. The molecule has 0 atom stereocenters. The van der Waals surface area contributed by atoms with Crippen LogP contribution in [0.4, 0.5) is 0 Å². The van der Waals surface area contributed by atoms with Gasteiger partial charge in [0.05, 0.1) is 26.4 Å². The van der Waals surface area contributed by atoms with Crippen molar-refractivity contribution < 1.29 is 14.6 Å². The molecule has 0 aliphatic heterocycles. The lowest BCUT2D eigenvalue weighted by atomic mass is 10.3. The minimum Gasteiger partial charge on any atom is -0.394 e. The minimum atomic E-state index is -0.0963. The monoisotopic (exact) mass is 385 g/mol. The number of aliphatic hydroxyl groups is 1. The summed E-state index contributed by atoms with van der Waals surface area (Å²) in [5, 5.41) is 11.3. The summed E-state index contributed by atoms with van der Waals surface area (Å²) in [4.78, 5) is 11.7. The number of amides is 1. The number of thiophene rings is 1. The van der Waals surface area contributed by atoms with Gasteiger partial charge in [0.15, 0.2) is 0 Å². The minimum absolute atomic E-state index is 0.0300. The molecule has 0 saturated heterocycles. The third kappa shape index (κ3) is 5.48. The number of nitrogens with one attached hydrogen (secondary N) is 1. The maximum Gasteiger partial charge on any atom is 0.253 e. The predicted octanol–water partition coefficient (Wildman–Crippen LogP) is 2.40. The number of hydrogen-bond donors (Lipinski definition) is 2. The highest BCUT2D eigenvalue weighted by atomic mass is 79.9. The average Bonchev–Trinajstić information content (AvgIpc) is 2.62. The first kappa shape index (κ1) is 15.1. The lowest BCUT2D eigenvalue weighted by molar-refractivity contribution is 0.0867. The van der Waals surface area contributed by atoms with Crippen LogP contribution in [0.2, 0.25) is 0 Å². The van der Waals surface area contributed by atoms with Crippen LogP contribution >= 0.6 is 43.2 Å². The zero-order chi connectivity index (χ0) is 12.7. The van der Waals surface area contributed by atoms with Gasteiger partial charge in [-0.3, -0.25) is 4.79 Å². The highest BCUT2D eigenvalue weighted by Gasteiger charge is 2.12. The lowest BCUT2D eigenvalue weighted by Crippen LogP contribution is -2.25. The van der Waals surface area contributed by atoms with Gasteiger partial charge in [0.1, 0.15) is 0 Å². The molecule has 4 nitrogen and oxygen atoms in total. The van der Waals surface area contributed by atoms with E-state index >= 15 is 0 Å². The molecule has 1 rings (SSSR count). The summed E-state index contributed by atoms with van der Waals surface area (Å²) in [7, 11) is 0. The predicted molar refractivity (Wildman–Crippen MR) is 74.6 cm³/mol. The molecule has 1 heterocycles. The molecular formula is C10H13Br2NO3S. The van der Waals surface area contributed by atoms with Gasteiger partial charge in [0.2, 0.25) is 0 Å². The number of carbonyl (C=O) groups excluding carboxylic acids is 1. The van der Waals surface area contributed by atoms with Crippen molar-refractivity contribution in [2.24, 2.45) is 0 Å². The second-order valence-corrected chi connectivity index (χ2v) is 6.93. The van der Waals surface area contributed by atoms with Crippen LogP contribution in [0.25, 0.3) is 0 Å². The highest BCUT2D eigenvalue weighted by Crippen LogP contribution is 2.31. The molecule has 17 heavy (non-hydrogen) atoms. The zero-order valence-electron chi connectivity index (χ0n) is 9.04. The molecule has 0 saturated carbocycles. The average molecular weight is 387 g/mol. The second kappa shape index (κ2) is 8.20. The molecule has 7 heteroatoms. The topological polar surface area (TPSA) is 58.6 Å². The molecule has 0 bridgehead atoms. The van der Waals surface area contributed by atoms with Crippen LogP contribution in [0.1, 0.15) is 16.8 Å². The Bertz CT molecular complexity index is 370. The van der Waals surface area contributed by atoms with E-state index in [1.807, 2.05) is 0 Å². The van der Waals surface area contributed by atoms with E-state index in [2.05, 4.69) is 37.2 Å². The highest BCUT2D eigenvalue weighted by molar-refractivity contribution is 9.12. The van der Waals surface area contributed by atoms with Gasteiger partial charge in [-0.2, -0.15) is 0 Å². The Hall–Kier alpha value is 0.0500. The number of aliphatic hydroxyl groups excluding tert-OH is 1. The third-order valence-electron chi connectivity index (χ3n) is 1.89. The number of carbonyl (C=O) groups is 1. The maximum atomic E-state index is 11.7. The van der Waals surface area contributed by atoms with Gasteiger partial charge >= 0.3 is 0 Å². The van der Waals surface area contributed by atoms with Crippen molar-refractivity contribution in [2.45, 2.75) is 6.42 Å². The molecule has 96 valence electrons. The zero-order valence-corrected chi connectivity index (χ0v) is 13.0. The van der Waals surface area contributed by atoms with Gasteiger partial charge in [-0.05, 0) is 44.3 Å². The molecule has 0 aliphatic rings. The first-order valence-electron chi connectivity index (χ1n) is 5.06. The van der Waals surface area contributed by atoms with Crippen LogP contribution in [-0.4, -0.2) is 37.4 Å². The number of ether oxygens (including phenoxy) is 1. The molecule has 1 aromatic heterocycles. The van der Waals surface area contributed by atoms with E-state index < -0.39 is 0 Å². The van der Waals surface area contributed by atoms with Gasteiger partial charge in [-0.25, -0.2) is 0 Å².